The van der Waals surface area contributed by atoms with Crippen LogP contribution in [0.5, 0.6) is 0 Å². The summed E-state index contributed by atoms with van der Waals surface area (Å²) in [7, 11) is -3.46. The van der Waals surface area contributed by atoms with Gasteiger partial charge in [-0.3, -0.25) is 0 Å². The van der Waals surface area contributed by atoms with Crippen molar-refractivity contribution in [2.45, 2.75) is 25.8 Å². The Kier molecular flexibility index (Phi) is 6.39. The Bertz CT molecular complexity index is 740. The topological polar surface area (TPSA) is 46.2 Å². The van der Waals surface area contributed by atoms with Gasteiger partial charge in [0.05, 0.1) is 0 Å². The summed E-state index contributed by atoms with van der Waals surface area (Å²) in [6.45, 7) is 1.87. The molecule has 0 saturated carbocycles. The first-order valence-corrected chi connectivity index (χ1v) is 9.37. The molecular formula is C18H20ClNO2S. The van der Waals surface area contributed by atoms with Crippen LogP contribution in [-0.4, -0.2) is 14.5 Å². The molecule has 0 radical (unpaired) electrons. The lowest BCUT2D eigenvalue weighted by atomic mass is 10.1. The second-order valence-corrected chi connectivity index (χ2v) is 7.48. The predicted octanol–water partition coefficient (Wildman–Crippen LogP) is 4.25. The van der Waals surface area contributed by atoms with Gasteiger partial charge >= 0.3 is 0 Å². The van der Waals surface area contributed by atoms with Crippen LogP contribution in [0.15, 0.2) is 60.0 Å². The van der Waals surface area contributed by atoms with Crippen LogP contribution in [0, 0.1) is 0 Å². The summed E-state index contributed by atoms with van der Waals surface area (Å²) >= 11 is 5.80. The number of hydrogen-bond acceptors (Lipinski definition) is 2. The Balaban J connectivity index is 1.88. The van der Waals surface area contributed by atoms with E-state index >= 15 is 0 Å². The molecule has 0 amide bonds. The maximum atomic E-state index is 12.1. The summed E-state index contributed by atoms with van der Waals surface area (Å²) in [5, 5.41) is 1.81. The van der Waals surface area contributed by atoms with E-state index in [4.69, 9.17) is 11.6 Å². The maximum Gasteiger partial charge on any atom is 0.233 e. The van der Waals surface area contributed by atoms with Gasteiger partial charge in [0.1, 0.15) is 0 Å². The highest BCUT2D eigenvalue weighted by atomic mass is 35.5. The van der Waals surface area contributed by atoms with Crippen molar-refractivity contribution in [1.82, 2.24) is 4.72 Å². The number of aryl methyl sites for hydroxylation is 1. The van der Waals surface area contributed by atoms with Gasteiger partial charge in [0.25, 0.3) is 0 Å². The van der Waals surface area contributed by atoms with Crippen molar-refractivity contribution in [3.05, 3.63) is 76.2 Å². The van der Waals surface area contributed by atoms with E-state index in [9.17, 15) is 8.42 Å². The largest absolute Gasteiger partial charge is 0.233 e. The zero-order valence-corrected chi connectivity index (χ0v) is 14.5. The Morgan fingerprint density at radius 3 is 2.39 bits per heavy atom. The van der Waals surface area contributed by atoms with E-state index in [1.165, 1.54) is 11.0 Å². The molecule has 5 heteroatoms. The normalized spacial score (nSPS) is 13.3. The van der Waals surface area contributed by atoms with Crippen LogP contribution in [0.4, 0.5) is 0 Å². The molecule has 3 nitrogen and oxygen atoms in total. The minimum Gasteiger partial charge on any atom is -0.209 e. The van der Waals surface area contributed by atoms with E-state index in [2.05, 4.69) is 4.72 Å². The van der Waals surface area contributed by atoms with Crippen molar-refractivity contribution >= 4 is 27.7 Å². The molecule has 0 spiro atoms. The number of rotatable bonds is 7. The fourth-order valence-corrected chi connectivity index (χ4v) is 3.37. The Morgan fingerprint density at radius 1 is 1.09 bits per heavy atom. The number of halogens is 1. The minimum absolute atomic E-state index is 0.130. The van der Waals surface area contributed by atoms with Crippen molar-refractivity contribution in [2.75, 3.05) is 0 Å². The van der Waals surface area contributed by atoms with Crippen LogP contribution >= 0.6 is 11.6 Å². The van der Waals surface area contributed by atoms with Crippen molar-refractivity contribution in [3.8, 4) is 0 Å². The summed E-state index contributed by atoms with van der Waals surface area (Å²) in [4.78, 5) is 0. The molecule has 2 rings (SSSR count). The summed E-state index contributed by atoms with van der Waals surface area (Å²) in [6.07, 6.45) is 3.14. The zero-order chi connectivity index (χ0) is 16.7. The third-order valence-electron chi connectivity index (χ3n) is 3.38. The Hall–Kier alpha value is -1.62. The van der Waals surface area contributed by atoms with E-state index < -0.39 is 10.0 Å². The van der Waals surface area contributed by atoms with Crippen molar-refractivity contribution in [2.24, 2.45) is 0 Å². The molecule has 2 aromatic carbocycles. The Morgan fingerprint density at radius 2 is 1.74 bits per heavy atom. The summed E-state index contributed by atoms with van der Waals surface area (Å²) in [5.41, 5.74) is 1.99. The van der Waals surface area contributed by atoms with Gasteiger partial charge in [0, 0.05) is 16.5 Å². The number of sulfonamides is 1. The smallest absolute Gasteiger partial charge is 0.209 e. The van der Waals surface area contributed by atoms with Crippen molar-refractivity contribution < 1.29 is 8.42 Å². The number of nitrogens with one attached hydrogen (secondary N) is 1. The average molecular weight is 350 g/mol. The fraction of sp³-hybridized carbons (Fsp3) is 0.222. The summed E-state index contributed by atoms with van der Waals surface area (Å²) in [5.74, 6) is 0. The molecule has 0 aliphatic rings. The van der Waals surface area contributed by atoms with Crippen LogP contribution in [-0.2, 0) is 16.4 Å². The lowest BCUT2D eigenvalue weighted by molar-refractivity contribution is 0.555. The van der Waals surface area contributed by atoms with E-state index in [0.717, 1.165) is 18.4 Å². The lowest BCUT2D eigenvalue weighted by Crippen LogP contribution is -2.31. The molecule has 1 atom stereocenters. The highest BCUT2D eigenvalue weighted by Crippen LogP contribution is 2.11. The fourth-order valence-electron chi connectivity index (χ4n) is 2.15. The SMILES string of the molecule is C[C@@H](CCc1ccccc1)NS(=O)(=O)/C=C/c1ccc(Cl)cc1. The van der Waals surface area contributed by atoms with E-state index in [-0.39, 0.29) is 6.04 Å². The third kappa shape index (κ3) is 6.57. The van der Waals surface area contributed by atoms with Gasteiger partial charge in [-0.2, -0.15) is 0 Å². The summed E-state index contributed by atoms with van der Waals surface area (Å²) in [6, 6.07) is 16.9. The van der Waals surface area contributed by atoms with Crippen LogP contribution in [0.2, 0.25) is 5.02 Å². The van der Waals surface area contributed by atoms with Gasteiger partial charge in [-0.1, -0.05) is 54.1 Å². The van der Waals surface area contributed by atoms with Crippen LogP contribution in [0.25, 0.3) is 6.08 Å². The molecular weight excluding hydrogens is 330 g/mol. The van der Waals surface area contributed by atoms with Gasteiger partial charge in [-0.05, 0) is 49.1 Å². The van der Waals surface area contributed by atoms with Gasteiger partial charge in [-0.15, -0.1) is 0 Å². The second kappa shape index (κ2) is 8.29. The zero-order valence-electron chi connectivity index (χ0n) is 12.9. The molecule has 0 fully saturated rings. The van der Waals surface area contributed by atoms with Crippen molar-refractivity contribution in [3.63, 3.8) is 0 Å². The van der Waals surface area contributed by atoms with Gasteiger partial charge < -0.3 is 0 Å². The lowest BCUT2D eigenvalue weighted by Gasteiger charge is -2.12. The first-order valence-electron chi connectivity index (χ1n) is 7.44. The van der Waals surface area contributed by atoms with Gasteiger partial charge in [0.2, 0.25) is 10.0 Å². The van der Waals surface area contributed by atoms with E-state index in [1.54, 1.807) is 30.3 Å². The summed E-state index contributed by atoms with van der Waals surface area (Å²) < 4.78 is 26.8. The minimum atomic E-state index is -3.46. The monoisotopic (exact) mass is 349 g/mol. The van der Waals surface area contributed by atoms with E-state index in [0.29, 0.717) is 5.02 Å². The van der Waals surface area contributed by atoms with Crippen LogP contribution < -0.4 is 4.72 Å². The molecule has 0 aliphatic carbocycles. The molecule has 0 aliphatic heterocycles. The molecule has 0 saturated heterocycles. The molecule has 0 unspecified atom stereocenters. The molecule has 0 heterocycles. The number of benzene rings is 2. The molecule has 23 heavy (non-hydrogen) atoms. The second-order valence-electron chi connectivity index (χ2n) is 5.44. The van der Waals surface area contributed by atoms with Crippen molar-refractivity contribution in [1.29, 1.82) is 0 Å². The Labute approximate surface area is 143 Å². The quantitative estimate of drug-likeness (QED) is 0.812. The number of hydrogen-bond donors (Lipinski definition) is 1. The van der Waals surface area contributed by atoms with Gasteiger partial charge in [0.15, 0.2) is 0 Å². The van der Waals surface area contributed by atoms with Crippen LogP contribution in [0.1, 0.15) is 24.5 Å². The molecule has 1 N–H and O–H groups in total. The standard InChI is InChI=1S/C18H20ClNO2S/c1-15(7-8-16-5-3-2-4-6-16)20-23(21,22)14-13-17-9-11-18(19)12-10-17/h2-6,9-15,20H,7-8H2,1H3/b14-13+/t15-/m0/s1. The van der Waals surface area contributed by atoms with E-state index in [1.807, 2.05) is 37.3 Å². The predicted molar refractivity (Wildman–Crippen MR) is 96.8 cm³/mol. The molecule has 2 aromatic rings. The first-order chi connectivity index (χ1) is 10.9. The molecule has 122 valence electrons. The molecule has 0 bridgehead atoms. The average Bonchev–Trinajstić information content (AvgIpc) is 2.53. The highest BCUT2D eigenvalue weighted by Gasteiger charge is 2.11. The highest BCUT2D eigenvalue weighted by molar-refractivity contribution is 7.92. The molecule has 0 aromatic heterocycles. The third-order valence-corrected chi connectivity index (χ3v) is 4.86. The van der Waals surface area contributed by atoms with Gasteiger partial charge in [-0.25, -0.2) is 13.1 Å². The maximum absolute atomic E-state index is 12.1. The van der Waals surface area contributed by atoms with Crippen LogP contribution in [0.3, 0.4) is 0 Å². The first kappa shape index (κ1) is 17.7.